The van der Waals surface area contributed by atoms with Crippen LogP contribution in [0.2, 0.25) is 0 Å². The van der Waals surface area contributed by atoms with Crippen LogP contribution in [0.25, 0.3) is 0 Å². The molecule has 71 heavy (non-hydrogen) atoms. The van der Waals surface area contributed by atoms with E-state index in [4.69, 9.17) is 28.4 Å². The number of rotatable bonds is 44. The molecular formula is C57H100O14. The zero-order chi connectivity index (χ0) is 51.6. The van der Waals surface area contributed by atoms with Gasteiger partial charge in [-0.2, -0.15) is 0 Å². The molecule has 0 aromatic rings. The van der Waals surface area contributed by atoms with Gasteiger partial charge in [-0.3, -0.25) is 4.79 Å². The first-order chi connectivity index (χ1) is 34.6. The van der Waals surface area contributed by atoms with Crippen molar-refractivity contribution < 1.29 is 69.0 Å². The number of esters is 1. The molecule has 11 atom stereocenters. The van der Waals surface area contributed by atoms with Crippen LogP contribution in [-0.4, -0.2) is 142 Å². The first-order valence-electron chi connectivity index (χ1n) is 27.9. The van der Waals surface area contributed by atoms with Gasteiger partial charge < -0.3 is 64.2 Å². The van der Waals surface area contributed by atoms with Gasteiger partial charge in [0.1, 0.15) is 54.9 Å². The van der Waals surface area contributed by atoms with Crippen molar-refractivity contribution >= 4 is 5.97 Å². The summed E-state index contributed by atoms with van der Waals surface area (Å²) in [6, 6.07) is 0. The molecule has 2 saturated heterocycles. The lowest BCUT2D eigenvalue weighted by atomic mass is 9.98. The third-order valence-electron chi connectivity index (χ3n) is 13.0. The second-order valence-corrected chi connectivity index (χ2v) is 19.4. The molecule has 2 heterocycles. The number of hydrogen-bond acceptors (Lipinski definition) is 14. The molecule has 0 aromatic carbocycles. The number of unbranched alkanes of at least 4 members (excludes halogenated alkanes) is 20. The molecule has 0 radical (unpaired) electrons. The highest BCUT2D eigenvalue weighted by atomic mass is 16.7. The van der Waals surface area contributed by atoms with Crippen molar-refractivity contribution in [2.24, 2.45) is 0 Å². The Morgan fingerprint density at radius 1 is 0.479 bits per heavy atom. The van der Waals surface area contributed by atoms with Gasteiger partial charge in [-0.15, -0.1) is 0 Å². The Morgan fingerprint density at radius 2 is 0.915 bits per heavy atom. The van der Waals surface area contributed by atoms with Crippen molar-refractivity contribution in [2.45, 2.75) is 261 Å². The largest absolute Gasteiger partial charge is 0.457 e. The van der Waals surface area contributed by atoms with Crippen molar-refractivity contribution in [1.29, 1.82) is 0 Å². The number of allylic oxidation sites excluding steroid dienone is 10. The maximum atomic E-state index is 13.0. The zero-order valence-corrected chi connectivity index (χ0v) is 43.9. The van der Waals surface area contributed by atoms with Crippen molar-refractivity contribution in [3.63, 3.8) is 0 Å². The van der Waals surface area contributed by atoms with Crippen molar-refractivity contribution in [2.75, 3.05) is 33.0 Å². The van der Waals surface area contributed by atoms with E-state index in [2.05, 4.69) is 74.6 Å². The molecule has 0 bridgehead atoms. The highest BCUT2D eigenvalue weighted by Crippen LogP contribution is 2.26. The number of ether oxygens (including phenoxy) is 6. The van der Waals surface area contributed by atoms with Crippen molar-refractivity contribution in [1.82, 2.24) is 0 Å². The van der Waals surface area contributed by atoms with Crippen LogP contribution in [0.4, 0.5) is 0 Å². The van der Waals surface area contributed by atoms with Crippen LogP contribution < -0.4 is 0 Å². The van der Waals surface area contributed by atoms with Gasteiger partial charge in [0.25, 0.3) is 0 Å². The van der Waals surface area contributed by atoms with Crippen LogP contribution in [0.3, 0.4) is 0 Å². The highest BCUT2D eigenvalue weighted by molar-refractivity contribution is 5.69. The lowest BCUT2D eigenvalue weighted by Crippen LogP contribution is -2.61. The molecule has 0 spiro atoms. The lowest BCUT2D eigenvalue weighted by molar-refractivity contribution is -0.332. The Hall–Kier alpha value is -2.31. The lowest BCUT2D eigenvalue weighted by Gasteiger charge is -2.42. The van der Waals surface area contributed by atoms with Crippen LogP contribution in [0.15, 0.2) is 60.8 Å². The van der Waals surface area contributed by atoms with Crippen molar-refractivity contribution in [3.8, 4) is 0 Å². The first-order valence-corrected chi connectivity index (χ1v) is 27.9. The van der Waals surface area contributed by atoms with Gasteiger partial charge >= 0.3 is 5.97 Å². The molecule has 0 aromatic heterocycles. The van der Waals surface area contributed by atoms with E-state index >= 15 is 0 Å². The van der Waals surface area contributed by atoms with E-state index in [9.17, 15) is 40.5 Å². The molecule has 7 N–H and O–H groups in total. The van der Waals surface area contributed by atoms with Gasteiger partial charge in [0.05, 0.1) is 26.4 Å². The summed E-state index contributed by atoms with van der Waals surface area (Å²) in [5, 5.41) is 72.3. The molecule has 2 aliphatic heterocycles. The third-order valence-corrected chi connectivity index (χ3v) is 13.0. The molecule has 2 aliphatic rings. The predicted octanol–water partition coefficient (Wildman–Crippen LogP) is 9.30. The number of aliphatic hydroxyl groups is 7. The minimum atomic E-state index is -1.71. The average molecular weight is 1010 g/mol. The Labute approximate surface area is 428 Å². The number of carbonyl (C=O) groups is 1. The van der Waals surface area contributed by atoms with Gasteiger partial charge in [-0.05, 0) is 77.0 Å². The summed E-state index contributed by atoms with van der Waals surface area (Å²) in [6.07, 6.45) is 37.0. The third kappa shape index (κ3) is 31.2. The fraction of sp³-hybridized carbons (Fsp3) is 0.807. The average Bonchev–Trinajstić information content (AvgIpc) is 3.37. The second-order valence-electron chi connectivity index (χ2n) is 19.4. The smallest absolute Gasteiger partial charge is 0.306 e. The van der Waals surface area contributed by atoms with Crippen LogP contribution in [-0.2, 0) is 33.2 Å². The normalized spacial score (nSPS) is 25.8. The van der Waals surface area contributed by atoms with Crippen LogP contribution >= 0.6 is 0 Å². The molecule has 0 amide bonds. The van der Waals surface area contributed by atoms with Crippen molar-refractivity contribution in [3.05, 3.63) is 60.8 Å². The summed E-state index contributed by atoms with van der Waals surface area (Å²) in [4.78, 5) is 13.0. The number of hydrogen-bond donors (Lipinski definition) is 7. The SMILES string of the molecule is CC/C=C\C/C=C\C/C=C\CCCCCCCCCC(=O)OC(COCCCCCCCCCCCC/C=C\C/C=C\CCCCC)COC1OC(COC2OC(CO)C(O)C(O)C2O)C(O)C(O)C1O. The maximum absolute atomic E-state index is 13.0. The van der Waals surface area contributed by atoms with Crippen LogP contribution in [0.1, 0.15) is 194 Å². The quantitative estimate of drug-likeness (QED) is 0.0172. The summed E-state index contributed by atoms with van der Waals surface area (Å²) in [5.41, 5.74) is 0. The number of carbonyl (C=O) groups excluding carboxylic acids is 1. The van der Waals surface area contributed by atoms with Crippen LogP contribution in [0, 0.1) is 0 Å². The highest BCUT2D eigenvalue weighted by Gasteiger charge is 2.47. The van der Waals surface area contributed by atoms with Gasteiger partial charge in [0.2, 0.25) is 0 Å². The van der Waals surface area contributed by atoms with E-state index < -0.39 is 80.7 Å². The maximum Gasteiger partial charge on any atom is 0.306 e. The van der Waals surface area contributed by atoms with E-state index in [1.54, 1.807) is 0 Å². The fourth-order valence-electron chi connectivity index (χ4n) is 8.51. The van der Waals surface area contributed by atoms with Crippen LogP contribution in [0.5, 0.6) is 0 Å². The molecule has 412 valence electrons. The van der Waals surface area contributed by atoms with Gasteiger partial charge in [-0.25, -0.2) is 0 Å². The zero-order valence-electron chi connectivity index (χ0n) is 43.9. The molecule has 14 heteroatoms. The Balaban J connectivity index is 1.74. The summed E-state index contributed by atoms with van der Waals surface area (Å²) in [5.74, 6) is -0.388. The first kappa shape index (κ1) is 64.8. The Morgan fingerprint density at radius 3 is 1.44 bits per heavy atom. The molecule has 2 rings (SSSR count). The molecular weight excluding hydrogens is 909 g/mol. The standard InChI is InChI=1S/C57H100O14/c1-3-5-7-9-11-13-15-17-19-21-22-23-25-27-29-31-33-35-37-39-41-66-43-46(69-49(59)40-38-36-34-32-30-28-26-24-20-18-16-14-12-10-8-6-4-2)44-67-56-55(65)53(63)51(61)48(71-56)45-68-57-54(64)52(62)50(60)47(42-58)70-57/h6,8,11-14,17-20,46-48,50-58,60-65H,3-5,7,9-10,15-16,21-45H2,1-2H3/b8-6-,13-11-,14-12-,19-17-,20-18-. The molecule has 11 unspecified atom stereocenters. The minimum absolute atomic E-state index is 0.0535. The van der Waals surface area contributed by atoms with Gasteiger partial charge in [0.15, 0.2) is 12.6 Å². The van der Waals surface area contributed by atoms with Gasteiger partial charge in [-0.1, -0.05) is 171 Å². The molecule has 0 aliphatic carbocycles. The Bertz CT molecular complexity index is 1400. The van der Waals surface area contributed by atoms with E-state index in [0.717, 1.165) is 77.0 Å². The predicted molar refractivity (Wildman–Crippen MR) is 279 cm³/mol. The Kier molecular flexibility index (Phi) is 40.2. The molecule has 14 nitrogen and oxygen atoms in total. The fourth-order valence-corrected chi connectivity index (χ4v) is 8.51. The second kappa shape index (κ2) is 44.0. The number of aliphatic hydroxyl groups excluding tert-OH is 7. The topological polar surface area (TPSA) is 214 Å². The van der Waals surface area contributed by atoms with E-state index in [0.29, 0.717) is 13.0 Å². The van der Waals surface area contributed by atoms with E-state index in [1.165, 1.54) is 89.9 Å². The van der Waals surface area contributed by atoms with Gasteiger partial charge in [0, 0.05) is 13.0 Å². The minimum Gasteiger partial charge on any atom is -0.457 e. The molecule has 2 fully saturated rings. The van der Waals surface area contributed by atoms with E-state index in [1.807, 2.05) is 0 Å². The monoisotopic (exact) mass is 1010 g/mol. The summed E-state index contributed by atoms with van der Waals surface area (Å²) in [6.45, 7) is 3.54. The summed E-state index contributed by atoms with van der Waals surface area (Å²) >= 11 is 0. The summed E-state index contributed by atoms with van der Waals surface area (Å²) < 4.78 is 34.3. The van der Waals surface area contributed by atoms with E-state index in [-0.39, 0.29) is 25.6 Å². The molecule has 0 saturated carbocycles. The summed E-state index contributed by atoms with van der Waals surface area (Å²) in [7, 11) is 0.